The highest BCUT2D eigenvalue weighted by Crippen LogP contribution is 2.27. The molecule has 0 spiro atoms. The van der Waals surface area contributed by atoms with E-state index in [2.05, 4.69) is 11.1 Å². The number of thioether (sulfide) groups is 1. The van der Waals surface area contributed by atoms with Gasteiger partial charge in [-0.25, -0.2) is 4.98 Å². The van der Waals surface area contributed by atoms with Gasteiger partial charge in [0.25, 0.3) is 5.69 Å². The highest BCUT2D eigenvalue weighted by Gasteiger charge is 2.12. The smallest absolute Gasteiger partial charge is 0.270 e. The lowest BCUT2D eigenvalue weighted by molar-refractivity contribution is -0.384. The number of fused-ring (bicyclic) bond motifs is 1. The van der Waals surface area contributed by atoms with E-state index in [9.17, 15) is 15.4 Å². The van der Waals surface area contributed by atoms with Crippen molar-refractivity contribution in [2.75, 3.05) is 12.4 Å². The molecule has 0 aliphatic heterocycles. The minimum absolute atomic E-state index is 0.0601. The molecule has 0 fully saturated rings. The number of aromatic nitrogens is 1. The topological polar surface area (TPSA) is 100 Å². The third-order valence-electron chi connectivity index (χ3n) is 2.93. The molecule has 21 heavy (non-hydrogen) atoms. The molecule has 2 rings (SSSR count). The Hall–Kier alpha value is -2.17. The van der Waals surface area contributed by atoms with Gasteiger partial charge < -0.3 is 5.11 Å². The van der Waals surface area contributed by atoms with Gasteiger partial charge in [-0.1, -0.05) is 6.92 Å². The number of nitro benzene ring substituents is 1. The number of pyridine rings is 1. The fourth-order valence-corrected chi connectivity index (χ4v) is 2.67. The standard InChI is InChI=1S/C14H13N3O3S/c1-9(7-18)8-21-14-4-10(6-15)12-5-11(17(19)20)2-3-13(12)16-14/h2-5,9,18H,7-8H2,1H3/t9-/m1/s1. The van der Waals surface area contributed by atoms with Gasteiger partial charge in [-0.3, -0.25) is 10.1 Å². The number of aliphatic hydroxyl groups excluding tert-OH is 1. The molecule has 1 heterocycles. The summed E-state index contributed by atoms with van der Waals surface area (Å²) in [6, 6.07) is 7.97. The lowest BCUT2D eigenvalue weighted by atomic mass is 10.1. The first-order valence-corrected chi connectivity index (χ1v) is 7.26. The van der Waals surface area contributed by atoms with Crippen LogP contribution in [0.1, 0.15) is 12.5 Å². The van der Waals surface area contributed by atoms with Crippen LogP contribution in [-0.4, -0.2) is 27.4 Å². The highest BCUT2D eigenvalue weighted by atomic mass is 32.2. The summed E-state index contributed by atoms with van der Waals surface area (Å²) >= 11 is 1.45. The van der Waals surface area contributed by atoms with Gasteiger partial charge in [-0.15, -0.1) is 11.8 Å². The van der Waals surface area contributed by atoms with Crippen LogP contribution in [0, 0.1) is 27.4 Å². The zero-order chi connectivity index (χ0) is 15.4. The number of aliphatic hydroxyl groups is 1. The summed E-state index contributed by atoms with van der Waals surface area (Å²) in [6.45, 7) is 2.01. The normalized spacial score (nSPS) is 12.0. The van der Waals surface area contributed by atoms with Crippen molar-refractivity contribution >= 4 is 28.4 Å². The number of nitro groups is 1. The number of nitrogens with zero attached hydrogens (tertiary/aromatic N) is 3. The second kappa shape index (κ2) is 6.52. The molecule has 0 saturated carbocycles. The minimum Gasteiger partial charge on any atom is -0.396 e. The van der Waals surface area contributed by atoms with E-state index in [4.69, 9.17) is 5.11 Å². The highest BCUT2D eigenvalue weighted by molar-refractivity contribution is 7.99. The largest absolute Gasteiger partial charge is 0.396 e. The predicted octanol–water partition coefficient (Wildman–Crippen LogP) is 2.74. The van der Waals surface area contributed by atoms with E-state index < -0.39 is 4.92 Å². The van der Waals surface area contributed by atoms with E-state index in [0.717, 1.165) is 0 Å². The second-order valence-electron chi connectivity index (χ2n) is 4.68. The first-order valence-electron chi connectivity index (χ1n) is 6.28. The molecule has 2 aromatic rings. The van der Waals surface area contributed by atoms with Crippen molar-refractivity contribution in [3.05, 3.63) is 39.9 Å². The molecular weight excluding hydrogens is 290 g/mol. The van der Waals surface area contributed by atoms with Crippen molar-refractivity contribution < 1.29 is 10.0 Å². The van der Waals surface area contributed by atoms with Gasteiger partial charge in [0.05, 0.1) is 27.1 Å². The molecule has 1 aromatic heterocycles. The Balaban J connectivity index is 2.42. The van der Waals surface area contributed by atoms with Crippen LogP contribution in [0.3, 0.4) is 0 Å². The lowest BCUT2D eigenvalue weighted by Crippen LogP contribution is -2.03. The Morgan fingerprint density at radius 2 is 2.29 bits per heavy atom. The molecule has 108 valence electrons. The van der Waals surface area contributed by atoms with E-state index in [1.165, 1.54) is 23.9 Å². The van der Waals surface area contributed by atoms with Crippen LogP contribution in [0.15, 0.2) is 29.3 Å². The maximum atomic E-state index is 10.8. The number of hydrogen-bond donors (Lipinski definition) is 1. The predicted molar refractivity (Wildman–Crippen MR) is 80.1 cm³/mol. The van der Waals surface area contributed by atoms with Crippen molar-refractivity contribution in [3.8, 4) is 6.07 Å². The third-order valence-corrected chi connectivity index (χ3v) is 4.17. The van der Waals surface area contributed by atoms with E-state index in [1.807, 2.05) is 6.92 Å². The van der Waals surface area contributed by atoms with Crippen LogP contribution in [-0.2, 0) is 0 Å². The average molecular weight is 303 g/mol. The Bertz CT molecular complexity index is 727. The summed E-state index contributed by atoms with van der Waals surface area (Å²) in [6.07, 6.45) is 0. The number of hydrogen-bond acceptors (Lipinski definition) is 6. The average Bonchev–Trinajstić information content (AvgIpc) is 2.50. The van der Waals surface area contributed by atoms with Crippen LogP contribution in [0.4, 0.5) is 5.69 Å². The molecule has 0 unspecified atom stereocenters. The minimum atomic E-state index is -0.494. The molecule has 7 heteroatoms. The van der Waals surface area contributed by atoms with E-state index >= 15 is 0 Å². The summed E-state index contributed by atoms with van der Waals surface area (Å²) in [7, 11) is 0. The maximum Gasteiger partial charge on any atom is 0.270 e. The molecular formula is C14H13N3O3S. The van der Waals surface area contributed by atoms with E-state index in [1.54, 1.807) is 12.1 Å². The molecule has 0 bridgehead atoms. The van der Waals surface area contributed by atoms with Gasteiger partial charge in [0.1, 0.15) is 0 Å². The Labute approximate surface area is 125 Å². The molecule has 0 aliphatic carbocycles. The van der Waals surface area contributed by atoms with Crippen molar-refractivity contribution in [3.63, 3.8) is 0 Å². The maximum absolute atomic E-state index is 10.8. The summed E-state index contributed by atoms with van der Waals surface area (Å²) in [5.74, 6) is 0.822. The van der Waals surface area contributed by atoms with Gasteiger partial charge in [0, 0.05) is 29.9 Å². The molecule has 0 amide bonds. The van der Waals surface area contributed by atoms with Gasteiger partial charge in [-0.2, -0.15) is 5.26 Å². The first-order chi connectivity index (χ1) is 10.0. The van der Waals surface area contributed by atoms with Crippen LogP contribution < -0.4 is 0 Å². The monoisotopic (exact) mass is 303 g/mol. The summed E-state index contributed by atoms with van der Waals surface area (Å²) in [5.41, 5.74) is 0.858. The summed E-state index contributed by atoms with van der Waals surface area (Å²) in [4.78, 5) is 14.7. The quantitative estimate of drug-likeness (QED) is 0.518. The molecule has 1 N–H and O–H groups in total. The van der Waals surface area contributed by atoms with Crippen molar-refractivity contribution in [2.24, 2.45) is 5.92 Å². The van der Waals surface area contributed by atoms with Crippen molar-refractivity contribution in [2.45, 2.75) is 11.9 Å². The van der Waals surface area contributed by atoms with Gasteiger partial charge in [0.15, 0.2) is 0 Å². The van der Waals surface area contributed by atoms with Crippen LogP contribution >= 0.6 is 11.8 Å². The van der Waals surface area contributed by atoms with Crippen molar-refractivity contribution in [1.82, 2.24) is 4.98 Å². The SMILES string of the molecule is C[C@H](CO)CSc1cc(C#N)c2cc([N+](=O)[O-])ccc2n1. The van der Waals surface area contributed by atoms with Crippen LogP contribution in [0.2, 0.25) is 0 Å². The van der Waals surface area contributed by atoms with Crippen molar-refractivity contribution in [1.29, 1.82) is 5.26 Å². The van der Waals surface area contributed by atoms with Gasteiger partial charge in [-0.05, 0) is 18.1 Å². The van der Waals surface area contributed by atoms with Crippen LogP contribution in [0.5, 0.6) is 0 Å². The Morgan fingerprint density at radius 1 is 1.52 bits per heavy atom. The summed E-state index contributed by atoms with van der Waals surface area (Å²) < 4.78 is 0. The van der Waals surface area contributed by atoms with Gasteiger partial charge >= 0.3 is 0 Å². The van der Waals surface area contributed by atoms with E-state index in [0.29, 0.717) is 27.2 Å². The lowest BCUT2D eigenvalue weighted by Gasteiger charge is -2.08. The number of rotatable bonds is 5. The molecule has 6 nitrogen and oxygen atoms in total. The van der Waals surface area contributed by atoms with Gasteiger partial charge in [0.2, 0.25) is 0 Å². The zero-order valence-corrected chi connectivity index (χ0v) is 12.1. The number of benzene rings is 1. The zero-order valence-electron chi connectivity index (χ0n) is 11.3. The summed E-state index contributed by atoms with van der Waals surface area (Å²) in [5, 5.41) is 30.2. The molecule has 1 aromatic carbocycles. The number of non-ortho nitro benzene ring substituents is 1. The Morgan fingerprint density at radius 3 is 2.90 bits per heavy atom. The second-order valence-corrected chi connectivity index (χ2v) is 5.72. The molecule has 1 atom stereocenters. The fourth-order valence-electron chi connectivity index (χ4n) is 1.75. The first kappa shape index (κ1) is 15.2. The Kier molecular flexibility index (Phi) is 4.73. The van der Waals surface area contributed by atoms with Crippen LogP contribution in [0.25, 0.3) is 10.9 Å². The molecule has 0 saturated heterocycles. The number of nitriles is 1. The van der Waals surface area contributed by atoms with E-state index in [-0.39, 0.29) is 18.2 Å². The fraction of sp³-hybridized carbons (Fsp3) is 0.286. The molecule has 0 aliphatic rings. The third kappa shape index (κ3) is 3.48. The molecule has 0 radical (unpaired) electrons.